The lowest BCUT2D eigenvalue weighted by Crippen LogP contribution is -2.59. The summed E-state index contributed by atoms with van der Waals surface area (Å²) >= 11 is 0. The standard InChI is InChI=1S/C16H31N3/c1-13(2)16(11-17-14-6-7-14)19-10-9-18-8-4-3-5-15(18)12-19/h13-17H,3-12H2,1-2H3. The van der Waals surface area contributed by atoms with E-state index >= 15 is 0 Å². The van der Waals surface area contributed by atoms with Gasteiger partial charge in [0.1, 0.15) is 0 Å². The minimum absolute atomic E-state index is 0.740. The molecule has 3 aliphatic rings. The fourth-order valence-electron chi connectivity index (χ4n) is 3.84. The lowest BCUT2D eigenvalue weighted by molar-refractivity contribution is 0.0163. The van der Waals surface area contributed by atoms with Crippen LogP contribution in [0.15, 0.2) is 0 Å². The molecule has 2 saturated heterocycles. The van der Waals surface area contributed by atoms with Crippen LogP contribution in [0.5, 0.6) is 0 Å². The summed E-state index contributed by atoms with van der Waals surface area (Å²) < 4.78 is 0. The van der Waals surface area contributed by atoms with Crippen LogP contribution in [-0.2, 0) is 0 Å². The van der Waals surface area contributed by atoms with Gasteiger partial charge < -0.3 is 5.32 Å². The van der Waals surface area contributed by atoms with Gasteiger partial charge in [-0.05, 0) is 38.1 Å². The quantitative estimate of drug-likeness (QED) is 0.819. The van der Waals surface area contributed by atoms with Gasteiger partial charge in [0.25, 0.3) is 0 Å². The van der Waals surface area contributed by atoms with Crippen LogP contribution in [0.2, 0.25) is 0 Å². The first-order chi connectivity index (χ1) is 9.24. The molecule has 1 saturated carbocycles. The molecule has 0 aromatic carbocycles. The molecule has 2 atom stereocenters. The van der Waals surface area contributed by atoms with E-state index in [1.54, 1.807) is 0 Å². The molecule has 0 bridgehead atoms. The third-order valence-corrected chi connectivity index (χ3v) is 5.30. The zero-order valence-corrected chi connectivity index (χ0v) is 12.8. The van der Waals surface area contributed by atoms with Crippen LogP contribution in [0.3, 0.4) is 0 Å². The second-order valence-electron chi connectivity index (χ2n) is 7.17. The van der Waals surface area contributed by atoms with E-state index in [2.05, 4.69) is 29.0 Å². The average Bonchev–Trinajstić information content (AvgIpc) is 3.22. The van der Waals surface area contributed by atoms with Gasteiger partial charge in [-0.3, -0.25) is 9.80 Å². The number of nitrogens with one attached hydrogen (secondary N) is 1. The van der Waals surface area contributed by atoms with Crippen LogP contribution >= 0.6 is 0 Å². The summed E-state index contributed by atoms with van der Waals surface area (Å²) in [6, 6.07) is 2.44. The maximum absolute atomic E-state index is 3.75. The number of piperazine rings is 1. The third kappa shape index (κ3) is 3.50. The minimum atomic E-state index is 0.740. The number of hydrogen-bond acceptors (Lipinski definition) is 3. The van der Waals surface area contributed by atoms with E-state index in [9.17, 15) is 0 Å². The van der Waals surface area contributed by atoms with Crippen molar-refractivity contribution in [3.63, 3.8) is 0 Å². The first-order valence-electron chi connectivity index (χ1n) is 8.45. The topological polar surface area (TPSA) is 18.5 Å². The van der Waals surface area contributed by atoms with Gasteiger partial charge in [-0.2, -0.15) is 0 Å². The zero-order chi connectivity index (χ0) is 13.2. The highest BCUT2D eigenvalue weighted by molar-refractivity contribution is 4.91. The van der Waals surface area contributed by atoms with Crippen LogP contribution in [0.25, 0.3) is 0 Å². The van der Waals surface area contributed by atoms with Gasteiger partial charge in [0, 0.05) is 44.3 Å². The summed E-state index contributed by atoms with van der Waals surface area (Å²) in [6.45, 7) is 11.2. The van der Waals surface area contributed by atoms with E-state index in [0.29, 0.717) is 0 Å². The summed E-state index contributed by atoms with van der Waals surface area (Å²) in [5.41, 5.74) is 0. The Morgan fingerprint density at radius 1 is 1.05 bits per heavy atom. The maximum atomic E-state index is 3.75. The fraction of sp³-hybridized carbons (Fsp3) is 1.00. The number of nitrogens with zero attached hydrogens (tertiary/aromatic N) is 2. The summed E-state index contributed by atoms with van der Waals surface area (Å²) in [5, 5.41) is 3.75. The monoisotopic (exact) mass is 265 g/mol. The Balaban J connectivity index is 1.55. The van der Waals surface area contributed by atoms with Crippen LogP contribution in [-0.4, -0.2) is 60.6 Å². The Kier molecular flexibility index (Phi) is 4.45. The smallest absolute Gasteiger partial charge is 0.0244 e. The van der Waals surface area contributed by atoms with E-state index in [0.717, 1.165) is 24.0 Å². The van der Waals surface area contributed by atoms with Crippen molar-refractivity contribution in [2.45, 2.75) is 64.1 Å². The number of hydrogen-bond donors (Lipinski definition) is 1. The van der Waals surface area contributed by atoms with E-state index in [-0.39, 0.29) is 0 Å². The van der Waals surface area contributed by atoms with Gasteiger partial charge in [0.15, 0.2) is 0 Å². The van der Waals surface area contributed by atoms with Crippen molar-refractivity contribution >= 4 is 0 Å². The molecule has 2 unspecified atom stereocenters. The molecule has 1 N–H and O–H groups in total. The summed E-state index contributed by atoms with van der Waals surface area (Å²) in [6.07, 6.45) is 7.11. The molecule has 3 fully saturated rings. The molecule has 110 valence electrons. The van der Waals surface area contributed by atoms with Crippen molar-refractivity contribution in [3.8, 4) is 0 Å². The predicted molar refractivity (Wildman–Crippen MR) is 80.4 cm³/mol. The highest BCUT2D eigenvalue weighted by Crippen LogP contribution is 2.25. The van der Waals surface area contributed by atoms with Crippen LogP contribution < -0.4 is 5.32 Å². The van der Waals surface area contributed by atoms with Crippen molar-refractivity contribution in [3.05, 3.63) is 0 Å². The average molecular weight is 265 g/mol. The molecule has 3 rings (SSSR count). The Hall–Kier alpha value is -0.120. The molecule has 3 nitrogen and oxygen atoms in total. The van der Waals surface area contributed by atoms with Crippen molar-refractivity contribution in [1.29, 1.82) is 0 Å². The minimum Gasteiger partial charge on any atom is -0.312 e. The van der Waals surface area contributed by atoms with E-state index in [4.69, 9.17) is 0 Å². The number of piperidine rings is 1. The first-order valence-corrected chi connectivity index (χ1v) is 8.45. The molecule has 1 aliphatic carbocycles. The van der Waals surface area contributed by atoms with E-state index in [1.165, 1.54) is 64.8 Å². The Morgan fingerprint density at radius 2 is 1.89 bits per heavy atom. The lowest BCUT2D eigenvalue weighted by Gasteiger charge is -2.47. The molecule has 0 radical (unpaired) electrons. The van der Waals surface area contributed by atoms with Crippen molar-refractivity contribution < 1.29 is 0 Å². The van der Waals surface area contributed by atoms with E-state index < -0.39 is 0 Å². The molecule has 0 spiro atoms. The molecule has 2 heterocycles. The number of fused-ring (bicyclic) bond motifs is 1. The second kappa shape index (κ2) is 6.11. The molecular formula is C16H31N3. The summed E-state index contributed by atoms with van der Waals surface area (Å²) in [7, 11) is 0. The van der Waals surface area contributed by atoms with Gasteiger partial charge in [0.05, 0.1) is 0 Å². The first kappa shape index (κ1) is 13.8. The molecule has 3 heteroatoms. The highest BCUT2D eigenvalue weighted by Gasteiger charge is 2.33. The normalized spacial score (nSPS) is 31.4. The maximum Gasteiger partial charge on any atom is 0.0244 e. The molecule has 2 aliphatic heterocycles. The van der Waals surface area contributed by atoms with Crippen LogP contribution in [0.4, 0.5) is 0 Å². The third-order valence-electron chi connectivity index (χ3n) is 5.30. The summed E-state index contributed by atoms with van der Waals surface area (Å²) in [5.74, 6) is 0.765. The van der Waals surface area contributed by atoms with Crippen molar-refractivity contribution in [1.82, 2.24) is 15.1 Å². The van der Waals surface area contributed by atoms with Crippen molar-refractivity contribution in [2.24, 2.45) is 5.92 Å². The molecule has 0 aromatic heterocycles. The second-order valence-corrected chi connectivity index (χ2v) is 7.17. The van der Waals surface area contributed by atoms with Gasteiger partial charge in [-0.1, -0.05) is 20.3 Å². The molecular weight excluding hydrogens is 234 g/mol. The van der Waals surface area contributed by atoms with Crippen LogP contribution in [0.1, 0.15) is 46.0 Å². The number of rotatable bonds is 5. The van der Waals surface area contributed by atoms with Gasteiger partial charge in [-0.25, -0.2) is 0 Å². The molecule has 19 heavy (non-hydrogen) atoms. The fourth-order valence-corrected chi connectivity index (χ4v) is 3.84. The SMILES string of the molecule is CC(C)C(CNC1CC1)N1CCN2CCCCC2C1. The largest absolute Gasteiger partial charge is 0.312 e. The van der Waals surface area contributed by atoms with Gasteiger partial charge in [-0.15, -0.1) is 0 Å². The Morgan fingerprint density at radius 3 is 2.63 bits per heavy atom. The predicted octanol–water partition coefficient (Wildman–Crippen LogP) is 1.93. The lowest BCUT2D eigenvalue weighted by atomic mass is 9.95. The molecule has 0 amide bonds. The summed E-state index contributed by atoms with van der Waals surface area (Å²) in [4.78, 5) is 5.53. The Labute approximate surface area is 118 Å². The zero-order valence-electron chi connectivity index (χ0n) is 12.8. The highest BCUT2D eigenvalue weighted by atomic mass is 15.3. The Bertz CT molecular complexity index is 288. The van der Waals surface area contributed by atoms with Gasteiger partial charge in [0.2, 0.25) is 0 Å². The van der Waals surface area contributed by atoms with E-state index in [1.807, 2.05) is 0 Å². The molecule has 0 aromatic rings. The van der Waals surface area contributed by atoms with Gasteiger partial charge >= 0.3 is 0 Å². The van der Waals surface area contributed by atoms with Crippen LogP contribution in [0, 0.1) is 5.92 Å². The van der Waals surface area contributed by atoms with Crippen molar-refractivity contribution in [2.75, 3.05) is 32.7 Å².